The number of alkyl halides is 1. The summed E-state index contributed by atoms with van der Waals surface area (Å²) < 4.78 is 24.9. The quantitative estimate of drug-likeness (QED) is 0.234. The van der Waals surface area contributed by atoms with Crippen molar-refractivity contribution < 1.29 is 47.7 Å². The molecule has 0 amide bonds. The van der Waals surface area contributed by atoms with Crippen LogP contribution in [-0.2, 0) is 47.7 Å². The Bertz CT molecular complexity index is 626. The lowest BCUT2D eigenvalue weighted by Gasteiger charge is -2.36. The Kier molecular flexibility index (Phi) is 13.1. The van der Waals surface area contributed by atoms with Crippen LogP contribution in [-0.4, -0.2) is 71.3 Å². The Hall–Kier alpha value is -2.01. The highest BCUT2D eigenvalue weighted by Crippen LogP contribution is 2.29. The van der Waals surface area contributed by atoms with Crippen LogP contribution in [0.25, 0.3) is 0 Å². The Labute approximate surface area is 184 Å². The molecule has 0 bridgehead atoms. The number of carbonyl (C=O) groups excluding carboxylic acids is 5. The minimum Gasteiger partial charge on any atom is -0.462 e. The highest BCUT2D eigenvalue weighted by molar-refractivity contribution is 8.01. The van der Waals surface area contributed by atoms with Crippen molar-refractivity contribution in [2.75, 3.05) is 12.4 Å². The maximum atomic E-state index is 11.8. The lowest BCUT2D eigenvalue weighted by molar-refractivity contribution is -0.201. The molecule has 1 unspecified atom stereocenters. The van der Waals surface area contributed by atoms with Gasteiger partial charge in [-0.2, -0.15) is 0 Å². The van der Waals surface area contributed by atoms with Gasteiger partial charge in [-0.15, -0.1) is 23.4 Å². The lowest BCUT2D eigenvalue weighted by Crippen LogP contribution is -2.55. The number of esters is 5. The fourth-order valence-electron chi connectivity index (χ4n) is 2.38. The Balaban J connectivity index is 6.30. The third-order valence-corrected chi connectivity index (χ3v) is 4.82. The summed E-state index contributed by atoms with van der Waals surface area (Å²) in [7, 11) is 0. The zero-order valence-corrected chi connectivity index (χ0v) is 19.2. The van der Waals surface area contributed by atoms with Crippen LogP contribution in [0.5, 0.6) is 0 Å². The van der Waals surface area contributed by atoms with Gasteiger partial charge in [0.05, 0.1) is 0 Å². The first-order valence-corrected chi connectivity index (χ1v) is 10.4. The fourth-order valence-corrected chi connectivity index (χ4v) is 3.67. The van der Waals surface area contributed by atoms with Crippen LogP contribution < -0.4 is 0 Å². The topological polar surface area (TPSA) is 132 Å². The van der Waals surface area contributed by atoms with E-state index in [1.807, 2.05) is 0 Å². The monoisotopic (exact) mass is 470 g/mol. The molecule has 0 heterocycles. The molecular weight excluding hydrogens is 444 g/mol. The van der Waals surface area contributed by atoms with E-state index in [4.69, 9.17) is 35.3 Å². The average molecular weight is 471 g/mol. The van der Waals surface area contributed by atoms with E-state index in [2.05, 4.69) is 0 Å². The van der Waals surface area contributed by atoms with Crippen molar-refractivity contribution in [3.8, 4) is 0 Å². The molecule has 12 heteroatoms. The molecule has 0 aliphatic heterocycles. The van der Waals surface area contributed by atoms with E-state index in [0.717, 1.165) is 34.6 Å². The number of thioether (sulfide) groups is 1. The van der Waals surface area contributed by atoms with E-state index < -0.39 is 65.6 Å². The highest BCUT2D eigenvalue weighted by Gasteiger charge is 2.46. The smallest absolute Gasteiger partial charge is 0.303 e. The maximum absolute atomic E-state index is 11.8. The van der Waals surface area contributed by atoms with Crippen molar-refractivity contribution in [3.05, 3.63) is 0 Å². The van der Waals surface area contributed by atoms with Gasteiger partial charge in [-0.25, -0.2) is 0 Å². The molecule has 0 aromatic rings. The standard InChI is InChI=1S/C18H27ClO10S/c1-7-30-18(19)17(29-13(6)24)16(28-12(5)23)15(27-11(4)22)14(26-10(3)21)8-25-9(2)20/h14-18H,7-8H2,1-6H3/t14-,15+,16+,17-,18?/m1/s1. The first kappa shape index (κ1) is 28.0. The molecule has 0 radical (unpaired) electrons. The summed E-state index contributed by atoms with van der Waals surface area (Å²) in [6.45, 7) is 6.81. The lowest BCUT2D eigenvalue weighted by atomic mass is 10.0. The molecule has 0 N–H and O–H groups in total. The highest BCUT2D eigenvalue weighted by atomic mass is 35.5. The van der Waals surface area contributed by atoms with Crippen LogP contribution in [0.3, 0.4) is 0 Å². The molecule has 30 heavy (non-hydrogen) atoms. The molecule has 0 aliphatic rings. The van der Waals surface area contributed by atoms with E-state index in [1.54, 1.807) is 6.92 Å². The van der Waals surface area contributed by atoms with Gasteiger partial charge >= 0.3 is 29.8 Å². The van der Waals surface area contributed by atoms with Crippen molar-refractivity contribution in [2.24, 2.45) is 0 Å². The first-order valence-electron chi connectivity index (χ1n) is 8.96. The molecule has 0 aromatic carbocycles. The molecule has 0 fully saturated rings. The zero-order valence-electron chi connectivity index (χ0n) is 17.7. The minimum absolute atomic E-state index is 0.509. The van der Waals surface area contributed by atoms with Gasteiger partial charge in [0.15, 0.2) is 24.4 Å². The van der Waals surface area contributed by atoms with Crippen molar-refractivity contribution in [1.82, 2.24) is 0 Å². The summed E-state index contributed by atoms with van der Waals surface area (Å²) in [6, 6.07) is 0. The second-order valence-electron chi connectivity index (χ2n) is 5.98. The van der Waals surface area contributed by atoms with Crippen LogP contribution in [0.15, 0.2) is 0 Å². The summed E-state index contributed by atoms with van der Waals surface area (Å²) in [4.78, 5) is 58.0. The summed E-state index contributed by atoms with van der Waals surface area (Å²) in [5.41, 5.74) is 0. The maximum Gasteiger partial charge on any atom is 0.303 e. The molecule has 0 aliphatic carbocycles. The zero-order chi connectivity index (χ0) is 23.4. The van der Waals surface area contributed by atoms with Gasteiger partial charge in [0, 0.05) is 34.6 Å². The van der Waals surface area contributed by atoms with Crippen LogP contribution in [0.1, 0.15) is 41.5 Å². The number of carbonyl (C=O) groups is 5. The van der Waals surface area contributed by atoms with Crippen molar-refractivity contribution in [2.45, 2.75) is 70.7 Å². The van der Waals surface area contributed by atoms with Gasteiger partial charge < -0.3 is 23.7 Å². The largest absolute Gasteiger partial charge is 0.462 e. The van der Waals surface area contributed by atoms with Gasteiger partial charge in [0.2, 0.25) is 0 Å². The Morgan fingerprint density at radius 3 is 1.53 bits per heavy atom. The predicted molar refractivity (Wildman–Crippen MR) is 107 cm³/mol. The predicted octanol–water partition coefficient (Wildman–Crippen LogP) is 1.59. The minimum atomic E-state index is -1.49. The third kappa shape index (κ3) is 11.2. The van der Waals surface area contributed by atoms with E-state index in [1.165, 1.54) is 11.8 Å². The van der Waals surface area contributed by atoms with E-state index in [-0.39, 0.29) is 0 Å². The van der Waals surface area contributed by atoms with Gasteiger partial charge in [-0.1, -0.05) is 6.92 Å². The number of ether oxygens (including phenoxy) is 5. The molecule has 10 nitrogen and oxygen atoms in total. The first-order chi connectivity index (χ1) is 13.9. The van der Waals surface area contributed by atoms with Crippen LogP contribution in [0.2, 0.25) is 0 Å². The molecule has 0 rings (SSSR count). The summed E-state index contributed by atoms with van der Waals surface area (Å²) in [6.07, 6.45) is -5.60. The van der Waals surface area contributed by atoms with Gasteiger partial charge in [0.25, 0.3) is 0 Å². The molecule has 0 saturated carbocycles. The van der Waals surface area contributed by atoms with Crippen LogP contribution >= 0.6 is 23.4 Å². The summed E-state index contributed by atoms with van der Waals surface area (Å²) in [5, 5.41) is 0. The second kappa shape index (κ2) is 14.1. The van der Waals surface area contributed by atoms with Crippen molar-refractivity contribution in [3.63, 3.8) is 0 Å². The summed E-state index contributed by atoms with van der Waals surface area (Å²) in [5.74, 6) is -3.28. The SMILES string of the molecule is CCSC(Cl)[C@H](OC(C)=O)[C@@H](OC(C)=O)[C@@H](OC(C)=O)[C@@H](COC(C)=O)OC(C)=O. The fraction of sp³-hybridized carbons (Fsp3) is 0.722. The molecule has 172 valence electrons. The van der Waals surface area contributed by atoms with Gasteiger partial charge in [-0.3, -0.25) is 24.0 Å². The van der Waals surface area contributed by atoms with Crippen molar-refractivity contribution in [1.29, 1.82) is 0 Å². The van der Waals surface area contributed by atoms with E-state index >= 15 is 0 Å². The number of halogens is 1. The normalized spacial score (nSPS) is 15.6. The van der Waals surface area contributed by atoms with Gasteiger partial charge in [-0.05, 0) is 5.75 Å². The van der Waals surface area contributed by atoms with Gasteiger partial charge in [0.1, 0.15) is 11.3 Å². The molecular formula is C18H27ClO10S. The second-order valence-corrected chi connectivity index (χ2v) is 8.13. The third-order valence-electron chi connectivity index (χ3n) is 3.27. The average Bonchev–Trinajstić information content (AvgIpc) is 2.59. The Morgan fingerprint density at radius 2 is 1.13 bits per heavy atom. The molecule has 0 aromatic heterocycles. The molecule has 0 spiro atoms. The van der Waals surface area contributed by atoms with Crippen LogP contribution in [0, 0.1) is 0 Å². The summed E-state index contributed by atoms with van der Waals surface area (Å²) >= 11 is 7.53. The molecule has 0 saturated heterocycles. The van der Waals surface area contributed by atoms with E-state index in [0.29, 0.717) is 5.75 Å². The van der Waals surface area contributed by atoms with E-state index in [9.17, 15) is 24.0 Å². The number of rotatable bonds is 12. The Morgan fingerprint density at radius 1 is 0.700 bits per heavy atom. The number of hydrogen-bond acceptors (Lipinski definition) is 11. The van der Waals surface area contributed by atoms with Crippen LogP contribution in [0.4, 0.5) is 0 Å². The number of hydrogen-bond donors (Lipinski definition) is 0. The van der Waals surface area contributed by atoms with Crippen molar-refractivity contribution >= 4 is 53.2 Å². The molecule has 5 atom stereocenters.